The molecule has 2 atom stereocenters. The van der Waals surface area contributed by atoms with E-state index in [1.54, 1.807) is 6.07 Å². The molecule has 3 nitrogen and oxygen atoms in total. The number of nitrogens with zero attached hydrogens (tertiary/aromatic N) is 2. The SMILES string of the molecule is CC1CC(n2c(=S)[nH]c3cc(Cl)c(F)cc32)CCN1C. The molecule has 1 aliphatic rings. The molecule has 1 saturated heterocycles. The van der Waals surface area contributed by atoms with E-state index < -0.39 is 5.82 Å². The van der Waals surface area contributed by atoms with Gasteiger partial charge in [0.05, 0.1) is 16.1 Å². The summed E-state index contributed by atoms with van der Waals surface area (Å²) in [6, 6.07) is 3.89. The van der Waals surface area contributed by atoms with Gasteiger partial charge < -0.3 is 14.5 Å². The monoisotopic (exact) mass is 313 g/mol. The Labute approximate surface area is 127 Å². The molecule has 2 unspecified atom stereocenters. The van der Waals surface area contributed by atoms with Crippen molar-refractivity contribution >= 4 is 34.9 Å². The fraction of sp³-hybridized carbons (Fsp3) is 0.500. The minimum absolute atomic E-state index is 0.123. The summed E-state index contributed by atoms with van der Waals surface area (Å²) in [5.74, 6) is -0.400. The molecule has 6 heteroatoms. The number of piperidine rings is 1. The third-order valence-electron chi connectivity index (χ3n) is 4.30. The second-order valence-electron chi connectivity index (χ2n) is 5.59. The van der Waals surface area contributed by atoms with E-state index in [0.717, 1.165) is 30.4 Å². The first-order valence-corrected chi connectivity index (χ1v) is 7.55. The number of benzene rings is 1. The van der Waals surface area contributed by atoms with Crippen molar-refractivity contribution in [3.63, 3.8) is 0 Å². The number of aromatic nitrogens is 2. The van der Waals surface area contributed by atoms with Gasteiger partial charge in [-0.1, -0.05) is 11.6 Å². The molecule has 3 rings (SSSR count). The molecule has 0 amide bonds. The van der Waals surface area contributed by atoms with Crippen molar-refractivity contribution in [2.45, 2.75) is 31.8 Å². The minimum Gasteiger partial charge on any atom is -0.331 e. The van der Waals surface area contributed by atoms with E-state index in [1.165, 1.54) is 6.07 Å². The highest BCUT2D eigenvalue weighted by molar-refractivity contribution is 7.71. The first kappa shape index (κ1) is 14.0. The zero-order valence-corrected chi connectivity index (χ0v) is 13.1. The van der Waals surface area contributed by atoms with Gasteiger partial charge in [-0.2, -0.15) is 0 Å². The summed E-state index contributed by atoms with van der Waals surface area (Å²) >= 11 is 11.2. The normalized spacial score (nSPS) is 24.4. The van der Waals surface area contributed by atoms with Crippen LogP contribution in [0.2, 0.25) is 5.02 Å². The average Bonchev–Trinajstić information content (AvgIpc) is 2.69. The smallest absolute Gasteiger partial charge is 0.178 e. The lowest BCUT2D eigenvalue weighted by atomic mass is 9.98. The van der Waals surface area contributed by atoms with Crippen LogP contribution in [0.1, 0.15) is 25.8 Å². The number of imidazole rings is 1. The van der Waals surface area contributed by atoms with Crippen molar-refractivity contribution in [3.05, 3.63) is 27.7 Å². The van der Waals surface area contributed by atoms with Gasteiger partial charge in [0, 0.05) is 24.7 Å². The summed E-state index contributed by atoms with van der Waals surface area (Å²) in [4.78, 5) is 5.47. The summed E-state index contributed by atoms with van der Waals surface area (Å²) in [6.07, 6.45) is 2.04. The van der Waals surface area contributed by atoms with Crippen molar-refractivity contribution in [2.75, 3.05) is 13.6 Å². The lowest BCUT2D eigenvalue weighted by Crippen LogP contribution is -2.38. The molecule has 0 spiro atoms. The van der Waals surface area contributed by atoms with Gasteiger partial charge >= 0.3 is 0 Å². The Kier molecular flexibility index (Phi) is 3.60. The fourth-order valence-corrected chi connectivity index (χ4v) is 3.50. The predicted octanol–water partition coefficient (Wildman–Crippen LogP) is 4.15. The van der Waals surface area contributed by atoms with E-state index in [1.807, 2.05) is 4.57 Å². The Morgan fingerprint density at radius 1 is 1.45 bits per heavy atom. The molecule has 0 bridgehead atoms. The number of hydrogen-bond acceptors (Lipinski definition) is 2. The van der Waals surface area contributed by atoms with Crippen LogP contribution in [0, 0.1) is 10.6 Å². The van der Waals surface area contributed by atoms with Crippen molar-refractivity contribution in [3.8, 4) is 0 Å². The molecule has 1 N–H and O–H groups in total. The van der Waals surface area contributed by atoms with Crippen LogP contribution in [0.25, 0.3) is 11.0 Å². The first-order valence-electron chi connectivity index (χ1n) is 6.77. The number of aromatic amines is 1. The van der Waals surface area contributed by atoms with E-state index in [2.05, 4.69) is 23.9 Å². The molecule has 108 valence electrons. The molecular weight excluding hydrogens is 297 g/mol. The van der Waals surface area contributed by atoms with Crippen LogP contribution in [0.3, 0.4) is 0 Å². The molecule has 2 heterocycles. The van der Waals surface area contributed by atoms with Crippen molar-refractivity contribution in [1.29, 1.82) is 0 Å². The van der Waals surface area contributed by atoms with Crippen LogP contribution in [-0.2, 0) is 0 Å². The maximum absolute atomic E-state index is 13.7. The van der Waals surface area contributed by atoms with E-state index >= 15 is 0 Å². The Hall–Kier alpha value is -0.910. The molecule has 20 heavy (non-hydrogen) atoms. The number of H-pyrrole nitrogens is 1. The minimum atomic E-state index is -0.400. The fourth-order valence-electron chi connectivity index (χ4n) is 2.98. The molecule has 0 aliphatic carbocycles. The summed E-state index contributed by atoms with van der Waals surface area (Å²) in [5, 5.41) is 0.123. The van der Waals surface area contributed by atoms with E-state index in [4.69, 9.17) is 23.8 Å². The maximum atomic E-state index is 13.7. The van der Waals surface area contributed by atoms with Gasteiger partial charge in [0.1, 0.15) is 5.82 Å². The number of halogens is 2. The van der Waals surface area contributed by atoms with Crippen molar-refractivity contribution in [2.24, 2.45) is 0 Å². The van der Waals surface area contributed by atoms with Crippen LogP contribution >= 0.6 is 23.8 Å². The topological polar surface area (TPSA) is 24.0 Å². The van der Waals surface area contributed by atoms with Gasteiger partial charge in [-0.05, 0) is 45.1 Å². The van der Waals surface area contributed by atoms with Crippen LogP contribution in [0.5, 0.6) is 0 Å². The van der Waals surface area contributed by atoms with Gasteiger partial charge in [0.15, 0.2) is 4.77 Å². The molecule has 1 aliphatic heterocycles. The highest BCUT2D eigenvalue weighted by atomic mass is 35.5. The molecule has 1 aromatic heterocycles. The zero-order chi connectivity index (χ0) is 14.4. The Bertz CT molecular complexity index is 708. The molecular formula is C14H17ClFN3S. The largest absolute Gasteiger partial charge is 0.331 e. The van der Waals surface area contributed by atoms with Crippen LogP contribution in [0.4, 0.5) is 4.39 Å². The van der Waals surface area contributed by atoms with Gasteiger partial charge in [-0.25, -0.2) is 4.39 Å². The number of hydrogen-bond donors (Lipinski definition) is 1. The summed E-state index contributed by atoms with van der Waals surface area (Å²) in [7, 11) is 2.13. The quantitative estimate of drug-likeness (QED) is 0.800. The van der Waals surface area contributed by atoms with Gasteiger partial charge in [0.25, 0.3) is 0 Å². The van der Waals surface area contributed by atoms with Crippen molar-refractivity contribution < 1.29 is 4.39 Å². The van der Waals surface area contributed by atoms with Crippen LogP contribution in [-0.4, -0.2) is 34.1 Å². The third-order valence-corrected chi connectivity index (χ3v) is 4.89. The second-order valence-corrected chi connectivity index (χ2v) is 6.39. The molecule has 1 aromatic carbocycles. The molecule has 0 saturated carbocycles. The average molecular weight is 314 g/mol. The predicted molar refractivity (Wildman–Crippen MR) is 82.5 cm³/mol. The summed E-state index contributed by atoms with van der Waals surface area (Å²) < 4.78 is 16.4. The van der Waals surface area contributed by atoms with E-state index in [-0.39, 0.29) is 5.02 Å². The van der Waals surface area contributed by atoms with E-state index in [9.17, 15) is 4.39 Å². The standard InChI is InChI=1S/C14H17ClFN3S/c1-8-5-9(3-4-18(8)2)19-13-7-11(16)10(15)6-12(13)17-14(19)20/h6-9H,3-5H2,1-2H3,(H,17,20). The molecule has 2 aromatic rings. The Morgan fingerprint density at radius 3 is 2.90 bits per heavy atom. The highest BCUT2D eigenvalue weighted by Gasteiger charge is 2.26. The number of nitrogens with one attached hydrogen (secondary N) is 1. The van der Waals surface area contributed by atoms with Crippen molar-refractivity contribution in [1.82, 2.24) is 14.5 Å². The maximum Gasteiger partial charge on any atom is 0.178 e. The Balaban J connectivity index is 2.09. The molecule has 0 radical (unpaired) electrons. The number of fused-ring (bicyclic) bond motifs is 1. The first-order chi connectivity index (χ1) is 9.47. The summed E-state index contributed by atoms with van der Waals surface area (Å²) in [5.41, 5.74) is 1.60. The van der Waals surface area contributed by atoms with Gasteiger partial charge in [-0.15, -0.1) is 0 Å². The van der Waals surface area contributed by atoms with Crippen LogP contribution in [0.15, 0.2) is 12.1 Å². The van der Waals surface area contributed by atoms with Gasteiger partial charge in [0.2, 0.25) is 0 Å². The summed E-state index contributed by atoms with van der Waals surface area (Å²) in [6.45, 7) is 3.23. The molecule has 1 fully saturated rings. The highest BCUT2D eigenvalue weighted by Crippen LogP contribution is 2.31. The Morgan fingerprint density at radius 2 is 2.20 bits per heavy atom. The second kappa shape index (κ2) is 5.13. The van der Waals surface area contributed by atoms with Gasteiger partial charge in [-0.3, -0.25) is 0 Å². The van der Waals surface area contributed by atoms with E-state index in [0.29, 0.717) is 16.9 Å². The van der Waals surface area contributed by atoms with Crippen LogP contribution < -0.4 is 0 Å². The lowest BCUT2D eigenvalue weighted by molar-refractivity contribution is 0.158. The third kappa shape index (κ3) is 2.28. The lowest BCUT2D eigenvalue weighted by Gasteiger charge is -2.35. The number of likely N-dealkylation sites (tertiary alicyclic amines) is 1. The number of rotatable bonds is 1. The zero-order valence-electron chi connectivity index (χ0n) is 11.5.